The number of aliphatic carboxylic acids is 3. The first-order chi connectivity index (χ1) is 20.1. The van der Waals surface area contributed by atoms with E-state index >= 15 is 0 Å². The summed E-state index contributed by atoms with van der Waals surface area (Å²) in [4.78, 5) is 74.6. The Bertz CT molecular complexity index is 1330. The third kappa shape index (κ3) is 10.5. The number of nitrogens with one attached hydrogen (secondary N) is 3. The van der Waals surface area contributed by atoms with Gasteiger partial charge in [-0.2, -0.15) is 0 Å². The number of phenolic OH excluding ortho intramolecular Hbond substituents is 1. The maximum atomic E-state index is 12.5. The molecule has 3 unspecified atom stereocenters. The molecule has 1 saturated heterocycles. The van der Waals surface area contributed by atoms with Crippen molar-refractivity contribution < 1.29 is 59.0 Å². The number of aliphatic hydroxyl groups is 1. The van der Waals surface area contributed by atoms with Crippen molar-refractivity contribution in [2.45, 2.75) is 49.8 Å². The lowest BCUT2D eigenvalue weighted by molar-refractivity contribution is -0.167. The molecule has 0 radical (unpaired) electrons. The van der Waals surface area contributed by atoms with Crippen LogP contribution in [0.15, 0.2) is 28.9 Å². The molecule has 234 valence electrons. The molecule has 0 saturated carbocycles. The lowest BCUT2D eigenvalue weighted by Gasteiger charge is -2.25. The van der Waals surface area contributed by atoms with E-state index in [2.05, 4.69) is 15.6 Å². The highest BCUT2D eigenvalue weighted by Gasteiger charge is 2.41. The number of aliphatic imine (C=N–C) groups is 1. The first-order valence-electron chi connectivity index (χ1n) is 12.7. The fourth-order valence-corrected chi connectivity index (χ4v) is 3.81. The fourth-order valence-electron chi connectivity index (χ4n) is 3.81. The summed E-state index contributed by atoms with van der Waals surface area (Å²) in [6, 6.07) is 1.52. The highest BCUT2D eigenvalue weighted by Crippen LogP contribution is 2.28. The van der Waals surface area contributed by atoms with Crippen molar-refractivity contribution in [1.29, 1.82) is 0 Å². The Kier molecular flexibility index (Phi) is 11.8. The second kappa shape index (κ2) is 15.0. The molecule has 18 heteroatoms. The van der Waals surface area contributed by atoms with Gasteiger partial charge in [-0.25, -0.2) is 9.59 Å². The number of amides is 3. The zero-order chi connectivity index (χ0) is 32.3. The summed E-state index contributed by atoms with van der Waals surface area (Å²) in [5.41, 5.74) is 7.78. The molecule has 1 fully saturated rings. The van der Waals surface area contributed by atoms with Crippen LogP contribution in [0.4, 0.5) is 0 Å². The van der Waals surface area contributed by atoms with Crippen molar-refractivity contribution in [3.63, 3.8) is 0 Å². The zero-order valence-corrected chi connectivity index (χ0v) is 22.6. The first-order valence-corrected chi connectivity index (χ1v) is 12.7. The Hall–Kier alpha value is -5.39. The molecular formula is C25H32N6O12. The van der Waals surface area contributed by atoms with Crippen LogP contribution in [0.25, 0.3) is 6.08 Å². The molecule has 3 atom stereocenters. The van der Waals surface area contributed by atoms with E-state index in [1.54, 1.807) is 0 Å². The van der Waals surface area contributed by atoms with Gasteiger partial charge in [0.05, 0.1) is 19.4 Å². The Morgan fingerprint density at radius 3 is 2.44 bits per heavy atom. The van der Waals surface area contributed by atoms with Crippen LogP contribution >= 0.6 is 0 Å². The Labute approximate surface area is 243 Å². The van der Waals surface area contributed by atoms with Gasteiger partial charge < -0.3 is 57.7 Å². The second-order valence-corrected chi connectivity index (χ2v) is 9.43. The third-order valence-electron chi connectivity index (χ3n) is 5.96. The molecule has 1 aliphatic rings. The number of nitrogens with zero attached hydrogens (tertiary/aromatic N) is 1. The van der Waals surface area contributed by atoms with Gasteiger partial charge in [-0.3, -0.25) is 24.2 Å². The van der Waals surface area contributed by atoms with Gasteiger partial charge in [-0.15, -0.1) is 0 Å². The van der Waals surface area contributed by atoms with Crippen LogP contribution < -0.4 is 32.2 Å². The predicted octanol–water partition coefficient (Wildman–Crippen LogP) is -2.58. The highest BCUT2D eigenvalue weighted by atomic mass is 16.5. The van der Waals surface area contributed by atoms with Crippen LogP contribution in [0.1, 0.15) is 37.7 Å². The average molecular weight is 609 g/mol. The lowest BCUT2D eigenvalue weighted by Crippen LogP contribution is -2.54. The lowest BCUT2D eigenvalue weighted by atomic mass is 9.95. The molecule has 2 rings (SSSR count). The summed E-state index contributed by atoms with van der Waals surface area (Å²) in [5, 5.41) is 54.5. The van der Waals surface area contributed by atoms with Gasteiger partial charge in [-0.05, 0) is 36.6 Å². The van der Waals surface area contributed by atoms with Crippen LogP contribution in [0.3, 0.4) is 0 Å². The number of rotatable bonds is 16. The number of nitrogens with two attached hydrogens (primary N) is 2. The number of ether oxygens (including phenoxy) is 1. The molecule has 1 aromatic carbocycles. The second-order valence-electron chi connectivity index (χ2n) is 9.43. The monoisotopic (exact) mass is 608 g/mol. The van der Waals surface area contributed by atoms with Crippen molar-refractivity contribution >= 4 is 47.7 Å². The van der Waals surface area contributed by atoms with Crippen molar-refractivity contribution in [1.82, 2.24) is 16.0 Å². The van der Waals surface area contributed by atoms with Crippen molar-refractivity contribution in [3.05, 3.63) is 29.5 Å². The summed E-state index contributed by atoms with van der Waals surface area (Å²) in [5.74, 6) is -8.04. The normalized spacial score (nSPS) is 17.5. The summed E-state index contributed by atoms with van der Waals surface area (Å²) < 4.78 is 5.43. The molecule has 0 aromatic heterocycles. The van der Waals surface area contributed by atoms with Crippen LogP contribution in [-0.2, 0) is 28.8 Å². The maximum absolute atomic E-state index is 12.5. The summed E-state index contributed by atoms with van der Waals surface area (Å²) >= 11 is 0. The van der Waals surface area contributed by atoms with Crippen LogP contribution in [-0.4, -0.2) is 98.0 Å². The molecule has 18 nitrogen and oxygen atoms in total. The summed E-state index contributed by atoms with van der Waals surface area (Å²) in [7, 11) is 0. The van der Waals surface area contributed by atoms with E-state index in [4.69, 9.17) is 26.4 Å². The number of carbonyl (C=O) groups is 6. The Balaban J connectivity index is 2.01. The highest BCUT2D eigenvalue weighted by molar-refractivity contribution is 6.07. The number of carbonyl (C=O) groups excluding carboxylic acids is 3. The molecule has 1 aromatic rings. The number of carboxylic acids is 3. The summed E-state index contributed by atoms with van der Waals surface area (Å²) in [6.45, 7) is -0.108. The number of hydrogen-bond donors (Lipinski definition) is 10. The number of guanidine groups is 1. The average Bonchev–Trinajstić information content (AvgIpc) is 2.89. The zero-order valence-electron chi connectivity index (χ0n) is 22.6. The number of hydrogen-bond acceptors (Lipinski definition) is 10. The maximum Gasteiger partial charge on any atom is 0.336 e. The fraction of sp³-hybridized carbons (Fsp3) is 0.400. The van der Waals surface area contributed by atoms with E-state index in [1.165, 1.54) is 24.3 Å². The van der Waals surface area contributed by atoms with Crippen molar-refractivity contribution in [2.24, 2.45) is 16.5 Å². The smallest absolute Gasteiger partial charge is 0.336 e. The SMILES string of the molecule is NC(N)=NCCCC1NC(=O)/C(=C\c2ccc(O)c(OCCC(NC(=O)CC(O)(CC(=O)O)C(=O)O)C(=O)O)c2)NC1=O. The number of benzene rings is 1. The van der Waals surface area contributed by atoms with E-state index in [1.807, 2.05) is 5.32 Å². The van der Waals surface area contributed by atoms with Crippen LogP contribution in [0.2, 0.25) is 0 Å². The van der Waals surface area contributed by atoms with Gasteiger partial charge >= 0.3 is 17.9 Å². The number of carboxylic acid groups (broad SMARTS) is 3. The molecule has 0 aliphatic carbocycles. The Morgan fingerprint density at radius 1 is 1.14 bits per heavy atom. The van der Waals surface area contributed by atoms with Crippen LogP contribution in [0, 0.1) is 0 Å². The summed E-state index contributed by atoms with van der Waals surface area (Å²) in [6.07, 6.45) is -0.862. The molecule has 3 amide bonds. The first kappa shape index (κ1) is 33.8. The Morgan fingerprint density at radius 2 is 1.84 bits per heavy atom. The van der Waals surface area contributed by atoms with E-state index in [9.17, 15) is 44.1 Å². The minimum atomic E-state index is -2.96. The van der Waals surface area contributed by atoms with E-state index in [0.717, 1.165) is 0 Å². The molecule has 1 aliphatic heterocycles. The minimum Gasteiger partial charge on any atom is -0.504 e. The van der Waals surface area contributed by atoms with Gasteiger partial charge in [0.25, 0.3) is 5.91 Å². The molecule has 43 heavy (non-hydrogen) atoms. The van der Waals surface area contributed by atoms with Crippen molar-refractivity contribution in [2.75, 3.05) is 13.2 Å². The topological polar surface area (TPSA) is 313 Å². The largest absolute Gasteiger partial charge is 0.504 e. The van der Waals surface area contributed by atoms with Gasteiger partial charge in [0.2, 0.25) is 11.8 Å². The number of phenols is 1. The van der Waals surface area contributed by atoms with E-state index in [0.29, 0.717) is 18.4 Å². The van der Waals surface area contributed by atoms with Crippen LogP contribution in [0.5, 0.6) is 11.5 Å². The molecular weight excluding hydrogens is 576 g/mol. The quantitative estimate of drug-likeness (QED) is 0.0399. The molecule has 12 N–H and O–H groups in total. The molecule has 0 spiro atoms. The van der Waals surface area contributed by atoms with Gasteiger partial charge in [0.15, 0.2) is 23.1 Å². The van der Waals surface area contributed by atoms with Gasteiger partial charge in [0, 0.05) is 13.0 Å². The van der Waals surface area contributed by atoms with E-state index < -0.39 is 66.2 Å². The molecule has 1 heterocycles. The number of piperazine rings is 1. The van der Waals surface area contributed by atoms with Gasteiger partial charge in [0.1, 0.15) is 17.8 Å². The third-order valence-corrected chi connectivity index (χ3v) is 5.96. The van der Waals surface area contributed by atoms with E-state index in [-0.39, 0.29) is 42.7 Å². The van der Waals surface area contributed by atoms with Crippen molar-refractivity contribution in [3.8, 4) is 11.5 Å². The standard InChI is InChI=1S/C25H32N6O12/c26-24(27)28-6-1-2-13-20(36)31-15(21(37)30-13)8-12-3-4-16(32)17(9-12)43-7-5-14(22(38)39)29-18(33)10-25(42,23(40)41)11-19(34)35/h3-4,8-9,13-14,32,42H,1-2,5-7,10-11H2,(H,29,33)(H,30,37)(H,31,36)(H,34,35)(H,38,39)(H,40,41)(H4,26,27,28)/b15-8+. The predicted molar refractivity (Wildman–Crippen MR) is 145 cm³/mol. The minimum absolute atomic E-state index is 0.0833. The molecule has 0 bridgehead atoms. The number of aromatic hydroxyl groups is 1. The van der Waals surface area contributed by atoms with Gasteiger partial charge in [-0.1, -0.05) is 6.07 Å².